The van der Waals surface area contributed by atoms with E-state index in [1.54, 1.807) is 16.9 Å². The third-order valence-electron chi connectivity index (χ3n) is 4.25. The normalized spacial score (nSPS) is 12.8. The Morgan fingerprint density at radius 1 is 1.39 bits per heavy atom. The van der Waals surface area contributed by atoms with Gasteiger partial charge in [-0.25, -0.2) is 9.48 Å². The molecule has 0 atom stereocenters. The van der Waals surface area contributed by atoms with Crippen molar-refractivity contribution < 1.29 is 9.90 Å². The molecule has 0 aliphatic heterocycles. The molecule has 0 saturated heterocycles. The smallest absolute Gasteiger partial charge is 0.357 e. The van der Waals surface area contributed by atoms with E-state index in [-0.39, 0.29) is 5.69 Å². The zero-order chi connectivity index (χ0) is 16.1. The van der Waals surface area contributed by atoms with E-state index in [1.165, 1.54) is 0 Å². The largest absolute Gasteiger partial charge is 0.476 e. The van der Waals surface area contributed by atoms with Crippen LogP contribution in [-0.2, 0) is 12.8 Å². The van der Waals surface area contributed by atoms with Crippen LogP contribution in [0.5, 0.6) is 0 Å². The second-order valence-electron chi connectivity index (χ2n) is 5.54. The summed E-state index contributed by atoms with van der Waals surface area (Å²) < 4.78 is 1.70. The number of aromatic carboxylic acids is 1. The minimum absolute atomic E-state index is 0.0320. The SMILES string of the molecule is Cc1c(Cl)cccc1-n1nc(C(=O)O)c2c1CCc1cn[nH]c1-2. The molecule has 2 N–H and O–H groups in total. The quantitative estimate of drug-likeness (QED) is 0.757. The molecule has 0 radical (unpaired) electrons. The average molecular weight is 329 g/mol. The molecule has 0 spiro atoms. The van der Waals surface area contributed by atoms with E-state index in [2.05, 4.69) is 15.3 Å². The molecule has 4 rings (SSSR count). The van der Waals surface area contributed by atoms with E-state index < -0.39 is 5.97 Å². The second-order valence-corrected chi connectivity index (χ2v) is 5.95. The van der Waals surface area contributed by atoms with Crippen molar-refractivity contribution in [1.82, 2.24) is 20.0 Å². The van der Waals surface area contributed by atoms with Gasteiger partial charge in [0.1, 0.15) is 0 Å². The van der Waals surface area contributed by atoms with Crippen LogP contribution in [0.2, 0.25) is 5.02 Å². The predicted octanol–water partition coefficient (Wildman–Crippen LogP) is 3.02. The number of aromatic amines is 1. The number of fused-ring (bicyclic) bond motifs is 3. The van der Waals surface area contributed by atoms with Gasteiger partial charge in [-0.05, 0) is 43.0 Å². The summed E-state index contributed by atoms with van der Waals surface area (Å²) in [5, 5.41) is 21.5. The van der Waals surface area contributed by atoms with Crippen LogP contribution in [0.25, 0.3) is 16.9 Å². The molecule has 1 aliphatic rings. The summed E-state index contributed by atoms with van der Waals surface area (Å²) in [5.74, 6) is -1.05. The number of nitrogens with zero attached hydrogens (tertiary/aromatic N) is 3. The van der Waals surface area contributed by atoms with E-state index in [1.807, 2.05) is 19.1 Å². The molecule has 1 aromatic carbocycles. The lowest BCUT2D eigenvalue weighted by Gasteiger charge is -2.15. The minimum atomic E-state index is -1.05. The Morgan fingerprint density at radius 2 is 2.22 bits per heavy atom. The maximum Gasteiger partial charge on any atom is 0.357 e. The third-order valence-corrected chi connectivity index (χ3v) is 4.66. The zero-order valence-corrected chi connectivity index (χ0v) is 13.1. The molecular formula is C16H13ClN4O2. The van der Waals surface area contributed by atoms with Crippen LogP contribution >= 0.6 is 11.6 Å². The summed E-state index contributed by atoms with van der Waals surface area (Å²) in [6, 6.07) is 5.54. The molecule has 2 heterocycles. The van der Waals surface area contributed by atoms with Crippen LogP contribution in [-0.4, -0.2) is 31.1 Å². The first kappa shape index (κ1) is 14.0. The Labute approximate surface area is 136 Å². The van der Waals surface area contributed by atoms with Gasteiger partial charge >= 0.3 is 5.97 Å². The summed E-state index contributed by atoms with van der Waals surface area (Å²) in [6.07, 6.45) is 3.24. The number of aromatic nitrogens is 4. The van der Waals surface area contributed by atoms with Crippen molar-refractivity contribution in [1.29, 1.82) is 0 Å². The Kier molecular flexibility index (Phi) is 3.02. The van der Waals surface area contributed by atoms with Crippen molar-refractivity contribution in [3.8, 4) is 16.9 Å². The number of hydrogen-bond donors (Lipinski definition) is 2. The minimum Gasteiger partial charge on any atom is -0.476 e. The van der Waals surface area contributed by atoms with Gasteiger partial charge in [0, 0.05) is 5.02 Å². The van der Waals surface area contributed by atoms with E-state index in [9.17, 15) is 9.90 Å². The molecule has 0 fully saturated rings. The number of benzene rings is 1. The molecule has 116 valence electrons. The van der Waals surface area contributed by atoms with Crippen molar-refractivity contribution in [2.45, 2.75) is 19.8 Å². The van der Waals surface area contributed by atoms with Gasteiger partial charge in [-0.1, -0.05) is 17.7 Å². The lowest BCUT2D eigenvalue weighted by atomic mass is 9.94. The molecular weight excluding hydrogens is 316 g/mol. The number of rotatable bonds is 2. The number of halogens is 1. The zero-order valence-electron chi connectivity index (χ0n) is 12.3. The highest BCUT2D eigenvalue weighted by atomic mass is 35.5. The molecule has 23 heavy (non-hydrogen) atoms. The molecule has 3 aromatic rings. The molecule has 0 saturated carbocycles. The number of H-pyrrole nitrogens is 1. The van der Waals surface area contributed by atoms with Crippen molar-refractivity contribution in [3.63, 3.8) is 0 Å². The highest BCUT2D eigenvalue weighted by Gasteiger charge is 2.30. The lowest BCUT2D eigenvalue weighted by Crippen LogP contribution is -2.09. The number of hydrogen-bond acceptors (Lipinski definition) is 3. The number of nitrogens with one attached hydrogen (secondary N) is 1. The van der Waals surface area contributed by atoms with Crippen molar-refractivity contribution in [3.05, 3.63) is 51.9 Å². The van der Waals surface area contributed by atoms with Crippen molar-refractivity contribution in [2.24, 2.45) is 0 Å². The van der Waals surface area contributed by atoms with Crippen LogP contribution < -0.4 is 0 Å². The van der Waals surface area contributed by atoms with Gasteiger partial charge in [0.25, 0.3) is 0 Å². The van der Waals surface area contributed by atoms with Crippen molar-refractivity contribution >= 4 is 17.6 Å². The highest BCUT2D eigenvalue weighted by Crippen LogP contribution is 2.36. The number of aryl methyl sites for hydroxylation is 1. The molecule has 6 nitrogen and oxygen atoms in total. The first-order valence-electron chi connectivity index (χ1n) is 7.21. The van der Waals surface area contributed by atoms with Gasteiger partial charge in [0.15, 0.2) is 5.69 Å². The second kappa shape index (κ2) is 4.96. The van der Waals surface area contributed by atoms with Crippen LogP contribution in [0, 0.1) is 6.92 Å². The molecule has 0 amide bonds. The summed E-state index contributed by atoms with van der Waals surface area (Å²) in [7, 11) is 0. The average Bonchev–Trinajstić information content (AvgIpc) is 3.13. The third kappa shape index (κ3) is 1.98. The van der Waals surface area contributed by atoms with Gasteiger partial charge in [-0.2, -0.15) is 10.2 Å². The van der Waals surface area contributed by atoms with Gasteiger partial charge in [0.05, 0.1) is 28.8 Å². The fourth-order valence-corrected chi connectivity index (χ4v) is 3.26. The molecule has 7 heteroatoms. The number of carbonyl (C=O) groups is 1. The summed E-state index contributed by atoms with van der Waals surface area (Å²) >= 11 is 6.21. The van der Waals surface area contributed by atoms with Crippen LogP contribution in [0.15, 0.2) is 24.4 Å². The fourth-order valence-electron chi connectivity index (χ4n) is 3.09. The van der Waals surface area contributed by atoms with Gasteiger partial charge in [-0.3, -0.25) is 5.10 Å². The van der Waals surface area contributed by atoms with Crippen LogP contribution in [0.3, 0.4) is 0 Å². The molecule has 0 unspecified atom stereocenters. The topological polar surface area (TPSA) is 83.8 Å². The molecule has 1 aliphatic carbocycles. The van der Waals surface area contributed by atoms with Gasteiger partial charge in [-0.15, -0.1) is 0 Å². The summed E-state index contributed by atoms with van der Waals surface area (Å²) in [4.78, 5) is 11.7. The Bertz CT molecular complexity index is 942. The number of carboxylic acid groups (broad SMARTS) is 1. The first-order chi connectivity index (χ1) is 11.1. The summed E-state index contributed by atoms with van der Waals surface area (Å²) in [6.45, 7) is 1.90. The standard InChI is InChI=1S/C16H13ClN4O2/c1-8-10(17)3-2-4-11(8)21-12-6-5-9-7-18-19-14(9)13(12)15(20-21)16(22)23/h2-4,7H,5-6H2,1H3,(H,18,19)(H,22,23). The van der Waals surface area contributed by atoms with Gasteiger partial charge in [0.2, 0.25) is 0 Å². The molecule has 2 aromatic heterocycles. The Morgan fingerprint density at radius 3 is 3.00 bits per heavy atom. The van der Waals surface area contributed by atoms with Crippen LogP contribution in [0.1, 0.15) is 27.3 Å². The van der Waals surface area contributed by atoms with E-state index in [0.717, 1.165) is 34.6 Å². The number of carboxylic acids is 1. The van der Waals surface area contributed by atoms with Gasteiger partial charge < -0.3 is 5.11 Å². The van der Waals surface area contributed by atoms with E-state index >= 15 is 0 Å². The van der Waals surface area contributed by atoms with E-state index in [4.69, 9.17) is 11.6 Å². The first-order valence-corrected chi connectivity index (χ1v) is 7.59. The van der Waals surface area contributed by atoms with Crippen molar-refractivity contribution in [2.75, 3.05) is 0 Å². The van der Waals surface area contributed by atoms with E-state index in [0.29, 0.717) is 17.0 Å². The Hall–Kier alpha value is -2.60. The monoisotopic (exact) mass is 328 g/mol. The lowest BCUT2D eigenvalue weighted by molar-refractivity contribution is 0.0690. The van der Waals surface area contributed by atoms with Crippen LogP contribution in [0.4, 0.5) is 0 Å². The Balaban J connectivity index is 2.03. The predicted molar refractivity (Wildman–Crippen MR) is 85.3 cm³/mol. The molecule has 0 bridgehead atoms. The summed E-state index contributed by atoms with van der Waals surface area (Å²) in [5.41, 5.74) is 4.94. The fraction of sp³-hybridized carbons (Fsp3) is 0.188. The maximum absolute atomic E-state index is 11.7. The highest BCUT2D eigenvalue weighted by molar-refractivity contribution is 6.31. The maximum atomic E-state index is 11.7.